The van der Waals surface area contributed by atoms with Gasteiger partial charge in [-0.3, -0.25) is 9.69 Å². The van der Waals surface area contributed by atoms with Crippen LogP contribution in [0.3, 0.4) is 0 Å². The summed E-state index contributed by atoms with van der Waals surface area (Å²) in [6, 6.07) is 8.68. The second-order valence-corrected chi connectivity index (χ2v) is 11.2. The lowest BCUT2D eigenvalue weighted by molar-refractivity contribution is -0.143. The first-order chi connectivity index (χ1) is 16.4. The maximum Gasteiger partial charge on any atom is 0.321 e. The lowest BCUT2D eigenvalue weighted by atomic mass is 9.62. The maximum atomic E-state index is 15.6. The van der Waals surface area contributed by atoms with Crippen molar-refractivity contribution in [3.63, 3.8) is 0 Å². The lowest BCUT2D eigenvalue weighted by Gasteiger charge is -2.39. The summed E-state index contributed by atoms with van der Waals surface area (Å²) >= 11 is 12.1. The Bertz CT molecular complexity index is 1140. The molecule has 4 atom stereocenters. The van der Waals surface area contributed by atoms with Crippen LogP contribution in [0.5, 0.6) is 0 Å². The first-order valence-electron chi connectivity index (χ1n) is 11.7. The molecule has 8 heteroatoms. The van der Waals surface area contributed by atoms with Crippen molar-refractivity contribution in [2.45, 2.75) is 70.4 Å². The van der Waals surface area contributed by atoms with Gasteiger partial charge in [0.25, 0.3) is 0 Å². The van der Waals surface area contributed by atoms with Crippen LogP contribution in [-0.2, 0) is 10.2 Å². The number of hydrogen-bond donors (Lipinski definition) is 1. The highest BCUT2D eigenvalue weighted by Crippen LogP contribution is 2.56. The normalized spacial score (nSPS) is 24.9. The number of aliphatic carboxylic acids is 1. The molecule has 0 spiro atoms. The zero-order chi connectivity index (χ0) is 26.1. The van der Waals surface area contributed by atoms with Gasteiger partial charge in [-0.25, -0.2) is 8.78 Å². The first-order valence-corrected chi connectivity index (χ1v) is 12.4. The van der Waals surface area contributed by atoms with Gasteiger partial charge in [0.2, 0.25) is 0 Å². The smallest absolute Gasteiger partial charge is 0.321 e. The Kier molecular flexibility index (Phi) is 8.16. The SMILES string of the molecule is CCCCN1C(C(=O)O)C(c2cccc(Cl)c2F)C(C#N)(c2ccc(Cl)cc2F)C1CC(C)(C)C. The Morgan fingerprint density at radius 1 is 1.23 bits per heavy atom. The standard InChI is InChI=1S/C27H30Cl2F2N2O2/c1-5-6-12-33-21(14-26(2,3)4)27(15-32,18-11-10-16(28)13-20(18)30)22(24(33)25(34)35)17-8-7-9-19(29)23(17)31/h7-11,13,21-22,24H,5-6,12,14H2,1-4H3,(H,34,35). The molecule has 1 aliphatic heterocycles. The molecule has 1 aliphatic rings. The molecule has 2 aromatic rings. The van der Waals surface area contributed by atoms with E-state index in [4.69, 9.17) is 23.2 Å². The van der Waals surface area contributed by atoms with Crippen LogP contribution in [0.25, 0.3) is 0 Å². The van der Waals surface area contributed by atoms with E-state index in [1.807, 2.05) is 27.7 Å². The zero-order valence-corrected chi connectivity index (χ0v) is 21.8. The summed E-state index contributed by atoms with van der Waals surface area (Å²) in [5.74, 6) is -3.95. The van der Waals surface area contributed by atoms with E-state index in [1.165, 1.54) is 30.3 Å². The van der Waals surface area contributed by atoms with Gasteiger partial charge in [-0.2, -0.15) is 5.26 Å². The number of benzene rings is 2. The van der Waals surface area contributed by atoms with Gasteiger partial charge in [0, 0.05) is 22.5 Å². The quantitative estimate of drug-likeness (QED) is 0.417. The fraction of sp³-hybridized carbons (Fsp3) is 0.481. The number of likely N-dealkylation sites (tertiary alicyclic amines) is 1. The van der Waals surface area contributed by atoms with Gasteiger partial charge in [0.1, 0.15) is 23.1 Å². The molecule has 1 fully saturated rings. The summed E-state index contributed by atoms with van der Waals surface area (Å²) in [5, 5.41) is 21.3. The molecule has 2 aromatic carbocycles. The van der Waals surface area contributed by atoms with Crippen molar-refractivity contribution >= 4 is 29.2 Å². The van der Waals surface area contributed by atoms with Crippen LogP contribution in [-0.4, -0.2) is 34.6 Å². The van der Waals surface area contributed by atoms with E-state index in [0.717, 1.165) is 12.5 Å². The summed E-state index contributed by atoms with van der Waals surface area (Å²) in [6.07, 6.45) is 1.84. The Hall–Kier alpha value is -2.20. The van der Waals surface area contributed by atoms with E-state index in [9.17, 15) is 15.2 Å². The van der Waals surface area contributed by atoms with E-state index in [-0.39, 0.29) is 26.6 Å². The third-order valence-electron chi connectivity index (χ3n) is 6.80. The van der Waals surface area contributed by atoms with E-state index < -0.39 is 41.0 Å². The molecule has 4 unspecified atom stereocenters. The third-order valence-corrected chi connectivity index (χ3v) is 7.32. The molecular formula is C27H30Cl2F2N2O2. The van der Waals surface area contributed by atoms with Crippen molar-refractivity contribution in [3.8, 4) is 6.07 Å². The maximum absolute atomic E-state index is 15.6. The van der Waals surface area contributed by atoms with Crippen LogP contribution >= 0.6 is 23.2 Å². The Balaban J connectivity index is 2.46. The van der Waals surface area contributed by atoms with Crippen molar-refractivity contribution in [2.24, 2.45) is 5.41 Å². The van der Waals surface area contributed by atoms with E-state index >= 15 is 8.78 Å². The molecule has 0 saturated carbocycles. The van der Waals surface area contributed by atoms with E-state index in [1.54, 1.807) is 4.90 Å². The Morgan fingerprint density at radius 2 is 1.91 bits per heavy atom. The average molecular weight is 523 g/mol. The van der Waals surface area contributed by atoms with Crippen LogP contribution in [0, 0.1) is 28.4 Å². The highest BCUT2D eigenvalue weighted by atomic mass is 35.5. The third kappa shape index (κ3) is 5.05. The number of carbonyl (C=O) groups is 1. The van der Waals surface area contributed by atoms with Crippen LogP contribution < -0.4 is 0 Å². The van der Waals surface area contributed by atoms with Gasteiger partial charge in [-0.05, 0) is 48.6 Å². The molecule has 1 saturated heterocycles. The van der Waals surface area contributed by atoms with Crippen LogP contribution in [0.1, 0.15) is 64.0 Å². The summed E-state index contributed by atoms with van der Waals surface area (Å²) in [4.78, 5) is 14.6. The second kappa shape index (κ2) is 10.4. The first kappa shape index (κ1) is 27.4. The minimum Gasteiger partial charge on any atom is -0.480 e. The lowest BCUT2D eigenvalue weighted by Crippen LogP contribution is -2.47. The van der Waals surface area contributed by atoms with Crippen molar-refractivity contribution in [1.29, 1.82) is 5.26 Å². The number of unbranched alkanes of at least 4 members (excludes halogenated alkanes) is 1. The molecule has 4 nitrogen and oxygen atoms in total. The predicted octanol–water partition coefficient (Wildman–Crippen LogP) is 7.19. The minimum absolute atomic E-state index is 0.00766. The Morgan fingerprint density at radius 3 is 2.46 bits per heavy atom. The molecule has 0 bridgehead atoms. The molecule has 35 heavy (non-hydrogen) atoms. The summed E-state index contributed by atoms with van der Waals surface area (Å²) < 4.78 is 31.1. The van der Waals surface area contributed by atoms with Crippen molar-refractivity contribution in [1.82, 2.24) is 4.90 Å². The molecule has 3 rings (SSSR count). The van der Waals surface area contributed by atoms with Gasteiger partial charge in [-0.15, -0.1) is 0 Å². The Labute approximate surface area is 215 Å². The monoisotopic (exact) mass is 522 g/mol. The summed E-state index contributed by atoms with van der Waals surface area (Å²) in [5.41, 5.74) is -2.07. The highest BCUT2D eigenvalue weighted by molar-refractivity contribution is 6.31. The second-order valence-electron chi connectivity index (χ2n) is 10.4. The number of hydrogen-bond acceptors (Lipinski definition) is 3. The molecular weight excluding hydrogens is 493 g/mol. The number of rotatable bonds is 7. The van der Waals surface area contributed by atoms with Crippen LogP contribution in [0.15, 0.2) is 36.4 Å². The number of halogens is 4. The largest absolute Gasteiger partial charge is 0.480 e. The number of carboxylic acid groups (broad SMARTS) is 1. The molecule has 0 aliphatic carbocycles. The molecule has 0 aromatic heterocycles. The summed E-state index contributed by atoms with van der Waals surface area (Å²) in [7, 11) is 0. The molecule has 188 valence electrons. The topological polar surface area (TPSA) is 64.3 Å². The zero-order valence-electron chi connectivity index (χ0n) is 20.3. The molecule has 1 heterocycles. The predicted molar refractivity (Wildman–Crippen MR) is 134 cm³/mol. The molecule has 0 amide bonds. The fourth-order valence-corrected chi connectivity index (χ4v) is 5.77. The van der Waals surface area contributed by atoms with E-state index in [2.05, 4.69) is 6.07 Å². The highest BCUT2D eigenvalue weighted by Gasteiger charge is 2.64. The van der Waals surface area contributed by atoms with E-state index in [0.29, 0.717) is 19.4 Å². The molecule has 1 N–H and O–H groups in total. The number of carboxylic acids is 1. The van der Waals surface area contributed by atoms with Gasteiger partial charge in [-0.1, -0.05) is 75.5 Å². The van der Waals surface area contributed by atoms with Crippen molar-refractivity contribution in [2.75, 3.05) is 6.54 Å². The van der Waals surface area contributed by atoms with Crippen molar-refractivity contribution in [3.05, 3.63) is 69.2 Å². The fourth-order valence-electron chi connectivity index (χ4n) is 5.43. The van der Waals surface area contributed by atoms with Crippen LogP contribution in [0.4, 0.5) is 8.78 Å². The van der Waals surface area contributed by atoms with Gasteiger partial charge >= 0.3 is 5.97 Å². The van der Waals surface area contributed by atoms with Crippen LogP contribution in [0.2, 0.25) is 10.0 Å². The molecule has 0 radical (unpaired) electrons. The summed E-state index contributed by atoms with van der Waals surface area (Å²) in [6.45, 7) is 8.29. The average Bonchev–Trinajstić information content (AvgIpc) is 3.03. The minimum atomic E-state index is -1.72. The number of nitrogens with zero attached hydrogens (tertiary/aromatic N) is 2. The van der Waals surface area contributed by atoms with Crippen molar-refractivity contribution < 1.29 is 18.7 Å². The van der Waals surface area contributed by atoms with Gasteiger partial charge in [0.05, 0.1) is 11.1 Å². The van der Waals surface area contributed by atoms with Gasteiger partial charge < -0.3 is 5.11 Å². The number of nitriles is 1. The van der Waals surface area contributed by atoms with Gasteiger partial charge in [0.15, 0.2) is 0 Å².